The van der Waals surface area contributed by atoms with Gasteiger partial charge in [-0.05, 0) is 39.7 Å². The Bertz CT molecular complexity index is 962. The fraction of sp³-hybridized carbons (Fsp3) is 0.522. The molecule has 1 fully saturated rings. The zero-order valence-electron chi connectivity index (χ0n) is 19.3. The molecule has 0 aliphatic carbocycles. The number of likely N-dealkylation sites (tertiary alicyclic amines) is 1. The highest BCUT2D eigenvalue weighted by molar-refractivity contribution is 6.00. The van der Waals surface area contributed by atoms with Crippen LogP contribution in [0.1, 0.15) is 39.2 Å². The number of piperidine rings is 1. The third-order valence-corrected chi connectivity index (χ3v) is 5.62. The van der Waals surface area contributed by atoms with Crippen molar-refractivity contribution >= 4 is 17.4 Å². The zero-order valence-corrected chi connectivity index (χ0v) is 19.3. The largest absolute Gasteiger partial charge is 0.481 e. The van der Waals surface area contributed by atoms with Crippen molar-refractivity contribution in [2.75, 3.05) is 33.9 Å². The van der Waals surface area contributed by atoms with E-state index in [1.807, 2.05) is 44.0 Å². The lowest BCUT2D eigenvalue weighted by Gasteiger charge is -2.35. The smallest absolute Gasteiger partial charge is 0.410 e. The van der Waals surface area contributed by atoms with Crippen LogP contribution in [0.4, 0.5) is 4.79 Å². The lowest BCUT2D eigenvalue weighted by atomic mass is 9.92. The second kappa shape index (κ2) is 8.82. The molecule has 1 aromatic rings. The first-order valence-corrected chi connectivity index (χ1v) is 10.9. The Morgan fingerprint density at radius 1 is 1.22 bits per heavy atom. The molecule has 4 heterocycles. The average Bonchev–Trinajstić information content (AvgIpc) is 3.21. The molecule has 0 aromatic carbocycles. The molecule has 0 spiro atoms. The van der Waals surface area contributed by atoms with Gasteiger partial charge in [0.25, 0.3) is 0 Å². The highest BCUT2D eigenvalue weighted by Gasteiger charge is 2.35. The van der Waals surface area contributed by atoms with E-state index in [0.717, 1.165) is 35.5 Å². The molecule has 4 rings (SSSR count). The van der Waals surface area contributed by atoms with Crippen molar-refractivity contribution in [1.29, 1.82) is 0 Å². The minimum absolute atomic E-state index is 0.104. The van der Waals surface area contributed by atoms with Crippen LogP contribution in [-0.4, -0.2) is 66.2 Å². The van der Waals surface area contributed by atoms with Crippen LogP contribution in [-0.2, 0) is 9.47 Å². The molecule has 9 nitrogen and oxygen atoms in total. The minimum atomic E-state index is -0.516. The quantitative estimate of drug-likeness (QED) is 0.768. The number of aromatic nitrogens is 1. The summed E-state index contributed by atoms with van der Waals surface area (Å²) >= 11 is 0. The predicted molar refractivity (Wildman–Crippen MR) is 121 cm³/mol. The number of fused-ring (bicyclic) bond motifs is 1. The molecular formula is C23H31N5O4. The van der Waals surface area contributed by atoms with E-state index in [2.05, 4.69) is 10.4 Å². The summed E-state index contributed by atoms with van der Waals surface area (Å²) in [6.45, 7) is 7.52. The third kappa shape index (κ3) is 4.57. The third-order valence-electron chi connectivity index (χ3n) is 5.62. The van der Waals surface area contributed by atoms with Gasteiger partial charge in [0.1, 0.15) is 5.60 Å². The van der Waals surface area contributed by atoms with Gasteiger partial charge in [-0.1, -0.05) is 0 Å². The first kappa shape index (κ1) is 22.1. The van der Waals surface area contributed by atoms with Gasteiger partial charge in [0.05, 0.1) is 19.9 Å². The summed E-state index contributed by atoms with van der Waals surface area (Å²) in [5.41, 5.74) is 5.71. The summed E-state index contributed by atoms with van der Waals surface area (Å²) in [5, 5.41) is 1.86. The van der Waals surface area contributed by atoms with Crippen LogP contribution >= 0.6 is 0 Å². The normalized spacial score (nSPS) is 21.1. The fourth-order valence-corrected chi connectivity index (χ4v) is 4.07. The van der Waals surface area contributed by atoms with E-state index >= 15 is 0 Å². The molecule has 1 N–H and O–H groups in total. The molecule has 0 bridgehead atoms. The molecule has 0 radical (unpaired) electrons. The van der Waals surface area contributed by atoms with E-state index in [0.29, 0.717) is 31.4 Å². The maximum atomic E-state index is 12.6. The van der Waals surface area contributed by atoms with Crippen molar-refractivity contribution < 1.29 is 19.0 Å². The number of pyridine rings is 1. The highest BCUT2D eigenvalue weighted by Crippen LogP contribution is 2.34. The Hall–Kier alpha value is -3.07. The molecule has 1 amide bonds. The average molecular weight is 442 g/mol. The number of aliphatic imine (C=N–C) groups is 1. The summed E-state index contributed by atoms with van der Waals surface area (Å²) in [5.74, 6) is 2.14. The number of hydrogen-bond donors (Lipinski definition) is 1. The standard InChI is InChI=1S/C23H31N5O4/c1-23(2,3)32-22(29)27-10-6-7-16(14-27)18-11-20(31-5)28-21(26-18)17(13-25-28)15-8-9-19(30-4)24-12-15/h8-9,11-12,16,25H,6-7,10,13-14H2,1-5H3. The summed E-state index contributed by atoms with van der Waals surface area (Å²) < 4.78 is 16.4. The number of allylic oxidation sites excluding steroid dienone is 1. The number of methoxy groups -OCH3 is 2. The van der Waals surface area contributed by atoms with E-state index in [1.54, 1.807) is 25.3 Å². The molecule has 172 valence electrons. The van der Waals surface area contributed by atoms with Crippen LogP contribution in [0.5, 0.6) is 5.88 Å². The molecule has 0 saturated carbocycles. The van der Waals surface area contributed by atoms with Gasteiger partial charge in [-0.25, -0.2) is 25.2 Å². The maximum absolute atomic E-state index is 12.6. The van der Waals surface area contributed by atoms with E-state index in [1.165, 1.54) is 0 Å². The predicted octanol–water partition coefficient (Wildman–Crippen LogP) is 3.17. The Kier molecular flexibility index (Phi) is 6.10. The van der Waals surface area contributed by atoms with Crippen molar-refractivity contribution in [3.8, 4) is 5.88 Å². The van der Waals surface area contributed by atoms with E-state index in [4.69, 9.17) is 19.2 Å². The van der Waals surface area contributed by atoms with Crippen LogP contribution in [0.15, 0.2) is 41.1 Å². The maximum Gasteiger partial charge on any atom is 0.410 e. The Morgan fingerprint density at radius 3 is 2.69 bits per heavy atom. The van der Waals surface area contributed by atoms with Gasteiger partial charge in [0.15, 0.2) is 5.82 Å². The van der Waals surface area contributed by atoms with Gasteiger partial charge in [0, 0.05) is 55.0 Å². The molecule has 32 heavy (non-hydrogen) atoms. The van der Waals surface area contributed by atoms with Crippen LogP contribution in [0, 0.1) is 5.92 Å². The number of carbonyl (C=O) groups excluding carboxylic acids is 1. The van der Waals surface area contributed by atoms with Gasteiger partial charge >= 0.3 is 6.09 Å². The number of hydrazine groups is 1. The molecule has 3 aliphatic heterocycles. The van der Waals surface area contributed by atoms with Crippen molar-refractivity contribution in [1.82, 2.24) is 20.3 Å². The zero-order chi connectivity index (χ0) is 22.9. The molecule has 9 heteroatoms. The molecule has 1 aromatic heterocycles. The molecule has 1 atom stereocenters. The Balaban J connectivity index is 1.61. The molecule has 1 saturated heterocycles. The molecule has 1 unspecified atom stereocenters. The van der Waals surface area contributed by atoms with E-state index in [9.17, 15) is 4.79 Å². The summed E-state index contributed by atoms with van der Waals surface area (Å²) in [6.07, 6.45) is 5.32. The minimum Gasteiger partial charge on any atom is -0.481 e. The first-order chi connectivity index (χ1) is 15.3. The molecule has 3 aliphatic rings. The van der Waals surface area contributed by atoms with Gasteiger partial charge in [-0.3, -0.25) is 0 Å². The van der Waals surface area contributed by atoms with Crippen LogP contribution in [0.25, 0.3) is 5.57 Å². The number of nitrogens with zero attached hydrogens (tertiary/aromatic N) is 4. The number of carbonyl (C=O) groups is 1. The van der Waals surface area contributed by atoms with Gasteiger partial charge in [-0.2, -0.15) is 0 Å². The van der Waals surface area contributed by atoms with Gasteiger partial charge in [-0.15, -0.1) is 0 Å². The number of rotatable bonds is 4. The van der Waals surface area contributed by atoms with E-state index < -0.39 is 5.60 Å². The summed E-state index contributed by atoms with van der Waals surface area (Å²) in [4.78, 5) is 23.7. The lowest BCUT2D eigenvalue weighted by Crippen LogP contribution is -2.45. The Labute approximate surface area is 188 Å². The van der Waals surface area contributed by atoms with Crippen LogP contribution in [0.2, 0.25) is 0 Å². The van der Waals surface area contributed by atoms with Crippen molar-refractivity contribution in [3.05, 3.63) is 41.7 Å². The number of nitrogens with one attached hydrogen (secondary N) is 1. The topological polar surface area (TPSA) is 88.5 Å². The number of hydrogen-bond acceptors (Lipinski definition) is 8. The van der Waals surface area contributed by atoms with Crippen LogP contribution < -0.4 is 10.2 Å². The van der Waals surface area contributed by atoms with Crippen molar-refractivity contribution in [3.63, 3.8) is 0 Å². The number of amides is 1. The van der Waals surface area contributed by atoms with E-state index in [-0.39, 0.29) is 12.0 Å². The van der Waals surface area contributed by atoms with Crippen molar-refractivity contribution in [2.24, 2.45) is 10.9 Å². The van der Waals surface area contributed by atoms with Crippen molar-refractivity contribution in [2.45, 2.75) is 39.2 Å². The lowest BCUT2D eigenvalue weighted by molar-refractivity contribution is 0.0194. The summed E-state index contributed by atoms with van der Waals surface area (Å²) in [7, 11) is 3.25. The highest BCUT2D eigenvalue weighted by atomic mass is 16.6. The van der Waals surface area contributed by atoms with Gasteiger partial charge < -0.3 is 19.1 Å². The Morgan fingerprint density at radius 2 is 2.03 bits per heavy atom. The van der Waals surface area contributed by atoms with Gasteiger partial charge in [0.2, 0.25) is 11.8 Å². The monoisotopic (exact) mass is 441 g/mol. The summed E-state index contributed by atoms with van der Waals surface area (Å²) in [6, 6.07) is 3.82. The van der Waals surface area contributed by atoms with Crippen LogP contribution in [0.3, 0.4) is 0 Å². The molecular weight excluding hydrogens is 410 g/mol. The second-order valence-corrected chi connectivity index (χ2v) is 9.05. The second-order valence-electron chi connectivity index (χ2n) is 9.05. The fourth-order valence-electron chi connectivity index (χ4n) is 4.07. The first-order valence-electron chi connectivity index (χ1n) is 10.9. The SMILES string of the molecule is COC1=CC(C2CCCN(C(=O)OC(C)(C)C)C2)=NC2=C(c3ccc(OC)nc3)CNN12. The number of ether oxygens (including phenoxy) is 3.